The lowest BCUT2D eigenvalue weighted by molar-refractivity contribution is -0.274. The normalized spacial score (nSPS) is 14.7. The summed E-state index contributed by atoms with van der Waals surface area (Å²) < 4.78 is 46.6. The molecule has 0 saturated carbocycles. The molecule has 0 bridgehead atoms. The van der Waals surface area contributed by atoms with Crippen LogP contribution in [0.4, 0.5) is 24.5 Å². The Labute approximate surface area is 156 Å². The van der Waals surface area contributed by atoms with E-state index in [1.807, 2.05) is 12.1 Å². The van der Waals surface area contributed by atoms with Crippen LogP contribution in [0.3, 0.4) is 0 Å². The standard InChI is InChI=1S/C20H23F3N2O2/c1-26-19-9-8-18(27-20(21,22)23)12-15(19)14-24-16-6-5-7-17(13-16)25-10-3-2-4-11-25/h5-9,12-13,24H,2-4,10-11,14H2,1H3. The highest BCUT2D eigenvalue weighted by atomic mass is 19.4. The second-order valence-corrected chi connectivity index (χ2v) is 6.47. The summed E-state index contributed by atoms with van der Waals surface area (Å²) in [5, 5.41) is 3.26. The van der Waals surface area contributed by atoms with E-state index in [-0.39, 0.29) is 5.75 Å². The Morgan fingerprint density at radius 2 is 1.81 bits per heavy atom. The van der Waals surface area contributed by atoms with Gasteiger partial charge in [-0.3, -0.25) is 0 Å². The Morgan fingerprint density at radius 3 is 2.52 bits per heavy atom. The number of rotatable bonds is 6. The Balaban J connectivity index is 1.71. The molecule has 0 aliphatic carbocycles. The first-order chi connectivity index (χ1) is 12.9. The molecule has 4 nitrogen and oxygen atoms in total. The second kappa shape index (κ2) is 8.41. The number of methoxy groups -OCH3 is 1. The zero-order valence-electron chi connectivity index (χ0n) is 15.2. The maximum atomic E-state index is 12.5. The quantitative estimate of drug-likeness (QED) is 0.747. The van der Waals surface area contributed by atoms with Gasteiger partial charge in [0.25, 0.3) is 0 Å². The number of piperidine rings is 1. The molecule has 0 amide bonds. The van der Waals surface area contributed by atoms with Gasteiger partial charge in [-0.2, -0.15) is 0 Å². The van der Waals surface area contributed by atoms with Crippen LogP contribution in [0.1, 0.15) is 24.8 Å². The van der Waals surface area contributed by atoms with Crippen molar-refractivity contribution in [2.75, 3.05) is 30.4 Å². The van der Waals surface area contributed by atoms with Crippen molar-refractivity contribution in [3.63, 3.8) is 0 Å². The molecule has 1 heterocycles. The van der Waals surface area contributed by atoms with Gasteiger partial charge in [0.1, 0.15) is 11.5 Å². The number of hydrogen-bond donors (Lipinski definition) is 1. The van der Waals surface area contributed by atoms with Crippen LogP contribution in [0.2, 0.25) is 0 Å². The summed E-state index contributed by atoms with van der Waals surface area (Å²) in [4.78, 5) is 2.35. The minimum Gasteiger partial charge on any atom is -0.496 e. The van der Waals surface area contributed by atoms with E-state index in [0.717, 1.165) is 24.5 Å². The third kappa shape index (κ3) is 5.45. The van der Waals surface area contributed by atoms with Crippen molar-refractivity contribution in [1.29, 1.82) is 0 Å². The van der Waals surface area contributed by atoms with Gasteiger partial charge in [-0.05, 0) is 55.7 Å². The van der Waals surface area contributed by atoms with E-state index in [2.05, 4.69) is 27.1 Å². The predicted molar refractivity (Wildman–Crippen MR) is 99.5 cm³/mol. The lowest BCUT2D eigenvalue weighted by atomic mass is 10.1. The van der Waals surface area contributed by atoms with Gasteiger partial charge in [0, 0.05) is 36.6 Å². The van der Waals surface area contributed by atoms with E-state index in [4.69, 9.17) is 4.74 Å². The third-order valence-electron chi connectivity index (χ3n) is 4.54. The van der Waals surface area contributed by atoms with Crippen molar-refractivity contribution in [3.05, 3.63) is 48.0 Å². The first kappa shape index (κ1) is 19.2. The highest BCUT2D eigenvalue weighted by Crippen LogP contribution is 2.29. The van der Waals surface area contributed by atoms with Gasteiger partial charge in [-0.1, -0.05) is 6.07 Å². The number of alkyl halides is 3. The Morgan fingerprint density at radius 1 is 1.04 bits per heavy atom. The summed E-state index contributed by atoms with van der Waals surface area (Å²) >= 11 is 0. The zero-order valence-corrected chi connectivity index (χ0v) is 15.2. The van der Waals surface area contributed by atoms with Gasteiger partial charge in [-0.15, -0.1) is 13.2 Å². The number of benzene rings is 2. The van der Waals surface area contributed by atoms with Crippen LogP contribution in [0.15, 0.2) is 42.5 Å². The summed E-state index contributed by atoms with van der Waals surface area (Å²) in [6.07, 6.45) is -1.06. The van der Waals surface area contributed by atoms with Crippen LogP contribution in [0, 0.1) is 0 Å². The lowest BCUT2D eigenvalue weighted by Crippen LogP contribution is -2.29. The van der Waals surface area contributed by atoms with Crippen molar-refractivity contribution in [2.24, 2.45) is 0 Å². The molecule has 0 aromatic heterocycles. The van der Waals surface area contributed by atoms with E-state index < -0.39 is 6.36 Å². The van der Waals surface area contributed by atoms with Crippen molar-refractivity contribution < 1.29 is 22.6 Å². The molecule has 3 rings (SSSR count). The topological polar surface area (TPSA) is 33.7 Å². The summed E-state index contributed by atoms with van der Waals surface area (Å²) in [5.41, 5.74) is 2.64. The molecule has 0 radical (unpaired) electrons. The maximum absolute atomic E-state index is 12.5. The van der Waals surface area contributed by atoms with Gasteiger partial charge in [-0.25, -0.2) is 0 Å². The largest absolute Gasteiger partial charge is 0.573 e. The highest BCUT2D eigenvalue weighted by molar-refractivity contribution is 5.58. The summed E-state index contributed by atoms with van der Waals surface area (Å²) in [5.74, 6) is 0.242. The molecule has 1 aliphatic rings. The van der Waals surface area contributed by atoms with Crippen LogP contribution < -0.4 is 19.7 Å². The predicted octanol–water partition coefficient (Wildman–Crippen LogP) is 5.20. The Hall–Kier alpha value is -2.57. The van der Waals surface area contributed by atoms with Crippen LogP contribution in [0.5, 0.6) is 11.5 Å². The molecule has 146 valence electrons. The average molecular weight is 380 g/mol. The van der Waals surface area contributed by atoms with Gasteiger partial charge in [0.2, 0.25) is 0 Å². The SMILES string of the molecule is COc1ccc(OC(F)(F)F)cc1CNc1cccc(N2CCCCC2)c1. The number of anilines is 2. The van der Waals surface area contributed by atoms with Crippen LogP contribution in [-0.4, -0.2) is 26.6 Å². The van der Waals surface area contributed by atoms with Gasteiger partial charge >= 0.3 is 6.36 Å². The fourth-order valence-corrected chi connectivity index (χ4v) is 3.25. The van der Waals surface area contributed by atoms with Crippen LogP contribution >= 0.6 is 0 Å². The lowest BCUT2D eigenvalue weighted by Gasteiger charge is -2.29. The third-order valence-corrected chi connectivity index (χ3v) is 4.54. The number of nitrogens with zero attached hydrogens (tertiary/aromatic N) is 1. The summed E-state index contributed by atoms with van der Waals surface area (Å²) in [6, 6.07) is 12.1. The highest BCUT2D eigenvalue weighted by Gasteiger charge is 2.31. The summed E-state index contributed by atoms with van der Waals surface area (Å²) in [6.45, 7) is 2.42. The molecular weight excluding hydrogens is 357 g/mol. The molecule has 2 aromatic rings. The number of halogens is 3. The molecule has 2 aromatic carbocycles. The van der Waals surface area contributed by atoms with Crippen LogP contribution in [-0.2, 0) is 6.54 Å². The van der Waals surface area contributed by atoms with Gasteiger partial charge in [0.05, 0.1) is 7.11 Å². The molecule has 0 spiro atoms. The molecule has 1 saturated heterocycles. The fraction of sp³-hybridized carbons (Fsp3) is 0.400. The second-order valence-electron chi connectivity index (χ2n) is 6.47. The molecule has 0 unspecified atom stereocenters. The molecule has 0 atom stereocenters. The Bertz CT molecular complexity index is 759. The summed E-state index contributed by atoms with van der Waals surface area (Å²) in [7, 11) is 1.49. The van der Waals surface area contributed by atoms with Crippen molar-refractivity contribution in [3.8, 4) is 11.5 Å². The molecular formula is C20H23F3N2O2. The van der Waals surface area contributed by atoms with Crippen molar-refractivity contribution >= 4 is 11.4 Å². The minimum absolute atomic E-state index is 0.262. The molecule has 27 heavy (non-hydrogen) atoms. The van der Waals surface area contributed by atoms with Gasteiger partial charge < -0.3 is 19.7 Å². The van der Waals surface area contributed by atoms with E-state index in [1.54, 1.807) is 0 Å². The monoisotopic (exact) mass is 380 g/mol. The number of ether oxygens (including phenoxy) is 2. The molecule has 1 aliphatic heterocycles. The Kier molecular flexibility index (Phi) is 5.98. The first-order valence-corrected chi connectivity index (χ1v) is 8.96. The smallest absolute Gasteiger partial charge is 0.496 e. The van der Waals surface area contributed by atoms with Crippen molar-refractivity contribution in [1.82, 2.24) is 0 Å². The van der Waals surface area contributed by atoms with E-state index in [0.29, 0.717) is 17.9 Å². The molecule has 7 heteroatoms. The molecule has 1 N–H and O–H groups in total. The van der Waals surface area contributed by atoms with Crippen LogP contribution in [0.25, 0.3) is 0 Å². The first-order valence-electron chi connectivity index (χ1n) is 8.96. The number of nitrogens with one attached hydrogen (secondary N) is 1. The average Bonchev–Trinajstić information content (AvgIpc) is 2.66. The van der Waals surface area contributed by atoms with Crippen molar-refractivity contribution in [2.45, 2.75) is 32.2 Å². The molecule has 1 fully saturated rings. The van der Waals surface area contributed by atoms with E-state index in [1.165, 1.54) is 44.6 Å². The van der Waals surface area contributed by atoms with Gasteiger partial charge in [0.15, 0.2) is 0 Å². The minimum atomic E-state index is -4.72. The fourth-order valence-electron chi connectivity index (χ4n) is 3.25. The number of hydrogen-bond acceptors (Lipinski definition) is 4. The van der Waals surface area contributed by atoms with E-state index >= 15 is 0 Å². The maximum Gasteiger partial charge on any atom is 0.573 e. The zero-order chi connectivity index (χ0) is 19.3. The van der Waals surface area contributed by atoms with E-state index in [9.17, 15) is 13.2 Å².